The van der Waals surface area contributed by atoms with Crippen LogP contribution in [0.25, 0.3) is 0 Å². The molecular formula is C22H28N4. The molecule has 3 rings (SSSR count). The molecule has 0 aromatic heterocycles. The Hall–Kier alpha value is -2.75. The Balaban J connectivity index is 1.66. The van der Waals surface area contributed by atoms with Crippen molar-refractivity contribution in [3.05, 3.63) is 77.9 Å². The van der Waals surface area contributed by atoms with Crippen LogP contribution in [0.2, 0.25) is 0 Å². The van der Waals surface area contributed by atoms with Crippen molar-refractivity contribution in [3.8, 4) is 0 Å². The first-order chi connectivity index (χ1) is 12.8. The maximum Gasteiger partial charge on any atom is 0.192 e. The molecule has 2 N–H and O–H groups in total. The molecule has 0 bridgehead atoms. The zero-order chi connectivity index (χ0) is 18.2. The van der Waals surface area contributed by atoms with Gasteiger partial charge in [-0.15, -0.1) is 0 Å². The Morgan fingerprint density at radius 3 is 2.58 bits per heavy atom. The van der Waals surface area contributed by atoms with Gasteiger partial charge in [-0.25, -0.2) is 4.99 Å². The molecule has 1 aliphatic heterocycles. The summed E-state index contributed by atoms with van der Waals surface area (Å²) in [5.74, 6) is 0.845. The lowest BCUT2D eigenvalue weighted by atomic mass is 10.1. The van der Waals surface area contributed by atoms with Crippen LogP contribution in [0.3, 0.4) is 0 Å². The molecule has 0 radical (unpaired) electrons. The summed E-state index contributed by atoms with van der Waals surface area (Å²) < 4.78 is 0. The molecule has 4 nitrogen and oxygen atoms in total. The maximum atomic E-state index is 4.78. The predicted octanol–water partition coefficient (Wildman–Crippen LogP) is 3.88. The van der Waals surface area contributed by atoms with E-state index in [1.54, 1.807) is 0 Å². The van der Waals surface area contributed by atoms with Crippen molar-refractivity contribution in [1.82, 2.24) is 10.6 Å². The number of aliphatic imine (C=N–C) groups is 1. The van der Waals surface area contributed by atoms with Crippen LogP contribution in [0.5, 0.6) is 0 Å². The number of hydrogen-bond acceptors (Lipinski definition) is 2. The molecule has 26 heavy (non-hydrogen) atoms. The Morgan fingerprint density at radius 2 is 1.85 bits per heavy atom. The van der Waals surface area contributed by atoms with E-state index in [9.17, 15) is 0 Å². The fourth-order valence-electron chi connectivity index (χ4n) is 3.06. The van der Waals surface area contributed by atoms with Crippen LogP contribution >= 0.6 is 0 Å². The molecule has 2 aromatic rings. The molecule has 2 aromatic carbocycles. The second-order valence-corrected chi connectivity index (χ2v) is 6.52. The maximum absolute atomic E-state index is 4.78. The standard InChI is InChI=1S/C22H28N4/c1-3-23-22(25-18(2)20-11-5-4-6-12-20)24-17-19-10-9-13-21(16-19)26-14-7-8-15-26/h4-13,16,18H,3,14-15,17H2,1-2H3,(H2,23,24,25). The van der Waals surface area contributed by atoms with Gasteiger partial charge in [0.15, 0.2) is 5.96 Å². The minimum atomic E-state index is 0.205. The van der Waals surface area contributed by atoms with Crippen molar-refractivity contribution in [1.29, 1.82) is 0 Å². The molecule has 0 saturated heterocycles. The monoisotopic (exact) mass is 348 g/mol. The lowest BCUT2D eigenvalue weighted by Crippen LogP contribution is -2.38. The number of rotatable bonds is 6. The van der Waals surface area contributed by atoms with Crippen molar-refractivity contribution in [2.24, 2.45) is 4.99 Å². The Labute approximate surface area is 156 Å². The zero-order valence-corrected chi connectivity index (χ0v) is 15.7. The van der Waals surface area contributed by atoms with Gasteiger partial charge in [0.2, 0.25) is 0 Å². The summed E-state index contributed by atoms with van der Waals surface area (Å²) in [5, 5.41) is 6.83. The molecule has 1 unspecified atom stereocenters. The highest BCUT2D eigenvalue weighted by molar-refractivity contribution is 5.80. The summed E-state index contributed by atoms with van der Waals surface area (Å²) in [5.41, 5.74) is 3.74. The second kappa shape index (κ2) is 9.09. The molecule has 4 heteroatoms. The van der Waals surface area contributed by atoms with E-state index in [4.69, 9.17) is 4.99 Å². The van der Waals surface area contributed by atoms with E-state index in [1.165, 1.54) is 16.8 Å². The zero-order valence-electron chi connectivity index (χ0n) is 15.7. The van der Waals surface area contributed by atoms with Crippen LogP contribution in [0.4, 0.5) is 5.69 Å². The number of hydrogen-bond donors (Lipinski definition) is 2. The highest BCUT2D eigenvalue weighted by Gasteiger charge is 2.09. The van der Waals surface area contributed by atoms with Crippen LogP contribution in [0.15, 0.2) is 71.7 Å². The lowest BCUT2D eigenvalue weighted by Gasteiger charge is -2.19. The summed E-state index contributed by atoms with van der Waals surface area (Å²) >= 11 is 0. The first-order valence-electron chi connectivity index (χ1n) is 9.35. The third-order valence-corrected chi connectivity index (χ3v) is 4.51. The second-order valence-electron chi connectivity index (χ2n) is 6.52. The molecule has 0 spiro atoms. The van der Waals surface area contributed by atoms with E-state index < -0.39 is 0 Å². The number of anilines is 1. The highest BCUT2D eigenvalue weighted by atomic mass is 15.2. The van der Waals surface area contributed by atoms with Crippen molar-refractivity contribution in [2.75, 3.05) is 24.5 Å². The van der Waals surface area contributed by atoms with Crippen molar-refractivity contribution in [3.63, 3.8) is 0 Å². The van der Waals surface area contributed by atoms with Crippen LogP contribution in [-0.4, -0.2) is 25.6 Å². The van der Waals surface area contributed by atoms with Crippen LogP contribution in [0, 0.1) is 0 Å². The van der Waals surface area contributed by atoms with Crippen molar-refractivity contribution in [2.45, 2.75) is 26.4 Å². The molecule has 136 valence electrons. The van der Waals surface area contributed by atoms with E-state index >= 15 is 0 Å². The highest BCUT2D eigenvalue weighted by Crippen LogP contribution is 2.19. The van der Waals surface area contributed by atoms with Gasteiger partial charge < -0.3 is 15.5 Å². The first kappa shape index (κ1) is 18.1. The fraction of sp³-hybridized carbons (Fsp3) is 0.318. The third-order valence-electron chi connectivity index (χ3n) is 4.51. The Kier molecular flexibility index (Phi) is 6.31. The van der Waals surface area contributed by atoms with Crippen LogP contribution in [-0.2, 0) is 6.54 Å². The number of nitrogens with one attached hydrogen (secondary N) is 2. The summed E-state index contributed by atoms with van der Waals surface area (Å²) in [6.45, 7) is 7.73. The lowest BCUT2D eigenvalue weighted by molar-refractivity contribution is 0.686. The molecule has 0 fully saturated rings. The van der Waals surface area contributed by atoms with Crippen LogP contribution < -0.4 is 15.5 Å². The number of guanidine groups is 1. The smallest absolute Gasteiger partial charge is 0.192 e. The molecule has 0 aliphatic carbocycles. The first-order valence-corrected chi connectivity index (χ1v) is 9.35. The van der Waals surface area contributed by atoms with Gasteiger partial charge in [-0.1, -0.05) is 54.6 Å². The molecule has 0 amide bonds. The minimum Gasteiger partial charge on any atom is -0.364 e. The third kappa shape index (κ3) is 4.88. The Morgan fingerprint density at radius 1 is 1.08 bits per heavy atom. The van der Waals surface area contributed by atoms with Gasteiger partial charge in [0.1, 0.15) is 0 Å². The van der Waals surface area contributed by atoms with Crippen molar-refractivity contribution < 1.29 is 0 Å². The molecule has 0 saturated carbocycles. The average Bonchev–Trinajstić information content (AvgIpc) is 3.22. The van der Waals surface area contributed by atoms with E-state index in [0.717, 1.165) is 25.6 Å². The predicted molar refractivity (Wildman–Crippen MR) is 111 cm³/mol. The van der Waals surface area contributed by atoms with Gasteiger partial charge >= 0.3 is 0 Å². The molecule has 1 aliphatic rings. The number of nitrogens with zero attached hydrogens (tertiary/aromatic N) is 2. The molecule has 1 heterocycles. The van der Waals surface area contributed by atoms with E-state index in [1.807, 2.05) is 6.07 Å². The van der Waals surface area contributed by atoms with Crippen LogP contribution in [0.1, 0.15) is 31.0 Å². The molecule has 1 atom stereocenters. The normalized spacial score (nSPS) is 15.2. The van der Waals surface area contributed by atoms with E-state index in [2.05, 4.69) is 90.1 Å². The van der Waals surface area contributed by atoms with Gasteiger partial charge in [-0.05, 0) is 37.1 Å². The van der Waals surface area contributed by atoms with E-state index in [-0.39, 0.29) is 6.04 Å². The summed E-state index contributed by atoms with van der Waals surface area (Å²) in [6, 6.07) is 19.3. The molecular weight excluding hydrogens is 320 g/mol. The summed E-state index contributed by atoms with van der Waals surface area (Å²) in [6.07, 6.45) is 4.42. The topological polar surface area (TPSA) is 39.7 Å². The largest absolute Gasteiger partial charge is 0.364 e. The van der Waals surface area contributed by atoms with Gasteiger partial charge in [0.05, 0.1) is 12.6 Å². The quantitative estimate of drug-likeness (QED) is 0.473. The van der Waals surface area contributed by atoms with Crippen molar-refractivity contribution >= 4 is 11.6 Å². The summed E-state index contributed by atoms with van der Waals surface area (Å²) in [4.78, 5) is 7.13. The van der Waals surface area contributed by atoms with Gasteiger partial charge in [-0.2, -0.15) is 0 Å². The van der Waals surface area contributed by atoms with E-state index in [0.29, 0.717) is 6.54 Å². The minimum absolute atomic E-state index is 0.205. The van der Waals surface area contributed by atoms with Gasteiger partial charge in [0.25, 0.3) is 0 Å². The summed E-state index contributed by atoms with van der Waals surface area (Å²) in [7, 11) is 0. The van der Waals surface area contributed by atoms with Gasteiger partial charge in [-0.3, -0.25) is 0 Å². The average molecular weight is 348 g/mol. The number of benzene rings is 2. The fourth-order valence-corrected chi connectivity index (χ4v) is 3.06. The van der Waals surface area contributed by atoms with Gasteiger partial charge in [0, 0.05) is 25.3 Å². The Bertz CT molecular complexity index is 744. The SMILES string of the molecule is CCNC(=NCc1cccc(N2CC=CC2)c1)NC(C)c1ccccc1.